The molecule has 3 rings (SSSR count). The summed E-state index contributed by atoms with van der Waals surface area (Å²) in [4.78, 5) is 28.8. The molecule has 6 heteroatoms. The molecule has 23 heavy (non-hydrogen) atoms. The molecular formula is C17H19N3O2S. The zero-order valence-corrected chi connectivity index (χ0v) is 13.6. The lowest BCUT2D eigenvalue weighted by Crippen LogP contribution is -2.23. The molecule has 2 amide bonds. The van der Waals surface area contributed by atoms with E-state index >= 15 is 0 Å². The van der Waals surface area contributed by atoms with Crippen molar-refractivity contribution in [2.24, 2.45) is 5.73 Å². The molecule has 1 aliphatic carbocycles. The second-order valence-corrected chi connectivity index (χ2v) is 6.65. The van der Waals surface area contributed by atoms with Crippen LogP contribution >= 0.6 is 11.3 Å². The summed E-state index contributed by atoms with van der Waals surface area (Å²) in [6.45, 7) is 0.363. The van der Waals surface area contributed by atoms with Crippen LogP contribution in [0.15, 0.2) is 29.8 Å². The predicted octanol–water partition coefficient (Wildman–Crippen LogP) is 2.83. The number of nitrogens with one attached hydrogen (secondary N) is 1. The van der Waals surface area contributed by atoms with Gasteiger partial charge in [-0.3, -0.25) is 9.59 Å². The van der Waals surface area contributed by atoms with Crippen LogP contribution in [0.1, 0.15) is 62.9 Å². The normalized spacial score (nSPS) is 14.8. The zero-order valence-electron chi connectivity index (χ0n) is 12.7. The molecule has 0 atom stereocenters. The number of rotatable bonds is 5. The van der Waals surface area contributed by atoms with Gasteiger partial charge in [-0.2, -0.15) is 0 Å². The van der Waals surface area contributed by atoms with Crippen LogP contribution in [0.2, 0.25) is 0 Å². The van der Waals surface area contributed by atoms with E-state index in [0.717, 1.165) is 24.1 Å². The van der Waals surface area contributed by atoms with Crippen molar-refractivity contribution in [3.05, 3.63) is 51.5 Å². The van der Waals surface area contributed by atoms with Gasteiger partial charge in [0.25, 0.3) is 5.91 Å². The van der Waals surface area contributed by atoms with Crippen molar-refractivity contribution in [3.63, 3.8) is 0 Å². The van der Waals surface area contributed by atoms with Crippen molar-refractivity contribution in [3.8, 4) is 0 Å². The highest BCUT2D eigenvalue weighted by Crippen LogP contribution is 2.36. The first-order valence-corrected chi connectivity index (χ1v) is 8.63. The number of hydrogen-bond donors (Lipinski definition) is 2. The Hall–Kier alpha value is -2.21. The Morgan fingerprint density at radius 3 is 2.83 bits per heavy atom. The molecule has 1 aromatic heterocycles. The molecule has 1 fully saturated rings. The number of carbonyl (C=O) groups excluding carboxylic acids is 2. The smallest absolute Gasteiger partial charge is 0.263 e. The highest BCUT2D eigenvalue weighted by Gasteiger charge is 2.25. The van der Waals surface area contributed by atoms with Gasteiger partial charge in [-0.05, 0) is 30.5 Å². The van der Waals surface area contributed by atoms with E-state index in [0.29, 0.717) is 22.9 Å². The maximum atomic E-state index is 12.4. The summed E-state index contributed by atoms with van der Waals surface area (Å²) in [5, 5.41) is 2.91. The van der Waals surface area contributed by atoms with Gasteiger partial charge in [0.1, 0.15) is 4.88 Å². The van der Waals surface area contributed by atoms with E-state index in [1.165, 1.54) is 24.2 Å². The van der Waals surface area contributed by atoms with Crippen molar-refractivity contribution in [2.45, 2.75) is 38.1 Å². The molecule has 120 valence electrons. The number of benzene rings is 1. The summed E-state index contributed by atoms with van der Waals surface area (Å²) in [5.74, 6) is -0.150. The molecule has 1 aromatic carbocycles. The number of primary amides is 1. The third-order valence-corrected chi connectivity index (χ3v) is 5.05. The third kappa shape index (κ3) is 3.59. The van der Waals surface area contributed by atoms with Gasteiger partial charge in [-0.1, -0.05) is 25.0 Å². The zero-order chi connectivity index (χ0) is 16.2. The van der Waals surface area contributed by atoms with Gasteiger partial charge >= 0.3 is 0 Å². The first kappa shape index (κ1) is 15.7. The first-order chi connectivity index (χ1) is 11.1. The predicted molar refractivity (Wildman–Crippen MR) is 89.5 cm³/mol. The van der Waals surface area contributed by atoms with Crippen molar-refractivity contribution in [1.82, 2.24) is 10.3 Å². The summed E-state index contributed by atoms with van der Waals surface area (Å²) >= 11 is 1.39. The minimum Gasteiger partial charge on any atom is -0.366 e. The number of aromatic nitrogens is 1. The lowest BCUT2D eigenvalue weighted by Gasteiger charge is -2.10. The summed E-state index contributed by atoms with van der Waals surface area (Å²) in [7, 11) is 0. The van der Waals surface area contributed by atoms with Crippen molar-refractivity contribution < 1.29 is 9.59 Å². The minimum absolute atomic E-state index is 0.0983. The average molecular weight is 329 g/mol. The summed E-state index contributed by atoms with van der Waals surface area (Å²) < 4.78 is 0. The SMILES string of the molecule is NC(=O)c1cccc(CNC(=O)c2scnc2C2CCCC2)c1. The number of hydrogen-bond acceptors (Lipinski definition) is 4. The number of nitrogens with two attached hydrogens (primary N) is 1. The fraction of sp³-hybridized carbons (Fsp3) is 0.353. The molecule has 0 unspecified atom stereocenters. The molecule has 2 aromatic rings. The van der Waals surface area contributed by atoms with Crippen molar-refractivity contribution in [1.29, 1.82) is 0 Å². The van der Waals surface area contributed by atoms with Crippen LogP contribution in [0.5, 0.6) is 0 Å². The van der Waals surface area contributed by atoms with Gasteiger partial charge in [0.2, 0.25) is 5.91 Å². The third-order valence-electron chi connectivity index (χ3n) is 4.21. The molecule has 0 radical (unpaired) electrons. The first-order valence-electron chi connectivity index (χ1n) is 7.75. The van der Waals surface area contributed by atoms with Crippen LogP contribution < -0.4 is 11.1 Å². The summed E-state index contributed by atoms with van der Waals surface area (Å²) in [5.41, 5.74) is 9.25. The number of thiazole rings is 1. The van der Waals surface area contributed by atoms with E-state index in [9.17, 15) is 9.59 Å². The van der Waals surface area contributed by atoms with E-state index in [1.807, 2.05) is 6.07 Å². The highest BCUT2D eigenvalue weighted by molar-refractivity contribution is 7.11. The number of nitrogens with zero attached hydrogens (tertiary/aromatic N) is 1. The van der Waals surface area contributed by atoms with Crippen molar-refractivity contribution >= 4 is 23.2 Å². The molecular weight excluding hydrogens is 310 g/mol. The largest absolute Gasteiger partial charge is 0.366 e. The van der Waals surface area contributed by atoms with Crippen LogP contribution in [0.25, 0.3) is 0 Å². The van der Waals surface area contributed by atoms with Gasteiger partial charge in [0.15, 0.2) is 0 Å². The second kappa shape index (κ2) is 6.91. The Balaban J connectivity index is 1.67. The molecule has 1 saturated carbocycles. The molecule has 3 N–H and O–H groups in total. The quantitative estimate of drug-likeness (QED) is 0.884. The Morgan fingerprint density at radius 1 is 1.30 bits per heavy atom. The van der Waals surface area contributed by atoms with Crippen molar-refractivity contribution in [2.75, 3.05) is 0 Å². The van der Waals surface area contributed by atoms with Crippen LogP contribution in [-0.2, 0) is 6.54 Å². The van der Waals surface area contributed by atoms with E-state index in [4.69, 9.17) is 5.73 Å². The molecule has 0 aliphatic heterocycles. The van der Waals surface area contributed by atoms with Crippen LogP contribution in [0, 0.1) is 0 Å². The second-order valence-electron chi connectivity index (χ2n) is 5.80. The molecule has 0 spiro atoms. The Morgan fingerprint density at radius 2 is 2.09 bits per heavy atom. The molecule has 1 heterocycles. The molecule has 0 bridgehead atoms. The Kier molecular flexibility index (Phi) is 4.71. The average Bonchev–Trinajstić information content (AvgIpc) is 3.23. The molecule has 0 saturated heterocycles. The van der Waals surface area contributed by atoms with Gasteiger partial charge in [0, 0.05) is 18.0 Å². The molecule has 5 nitrogen and oxygen atoms in total. The fourth-order valence-corrected chi connectivity index (χ4v) is 3.80. The Labute approximate surface area is 138 Å². The van der Waals surface area contributed by atoms with Crippen LogP contribution in [-0.4, -0.2) is 16.8 Å². The molecule has 1 aliphatic rings. The number of carbonyl (C=O) groups is 2. The van der Waals surface area contributed by atoms with Gasteiger partial charge < -0.3 is 11.1 Å². The summed E-state index contributed by atoms with van der Waals surface area (Å²) in [6, 6.07) is 6.98. The monoisotopic (exact) mass is 329 g/mol. The van der Waals surface area contributed by atoms with Crippen LogP contribution in [0.3, 0.4) is 0 Å². The van der Waals surface area contributed by atoms with E-state index in [2.05, 4.69) is 10.3 Å². The van der Waals surface area contributed by atoms with Gasteiger partial charge in [-0.25, -0.2) is 4.98 Å². The topological polar surface area (TPSA) is 85.1 Å². The fourth-order valence-electron chi connectivity index (χ4n) is 3.01. The lowest BCUT2D eigenvalue weighted by molar-refractivity contribution is 0.0952. The van der Waals surface area contributed by atoms with E-state index in [-0.39, 0.29) is 5.91 Å². The highest BCUT2D eigenvalue weighted by atomic mass is 32.1. The maximum Gasteiger partial charge on any atom is 0.263 e. The maximum absolute atomic E-state index is 12.4. The minimum atomic E-state index is -0.468. The van der Waals surface area contributed by atoms with Crippen LogP contribution in [0.4, 0.5) is 0 Å². The summed E-state index contributed by atoms with van der Waals surface area (Å²) in [6.07, 6.45) is 4.65. The van der Waals surface area contributed by atoms with Gasteiger partial charge in [-0.15, -0.1) is 11.3 Å². The van der Waals surface area contributed by atoms with Gasteiger partial charge in [0.05, 0.1) is 11.2 Å². The van der Waals surface area contributed by atoms with E-state index in [1.54, 1.807) is 23.7 Å². The lowest BCUT2D eigenvalue weighted by atomic mass is 10.0. The standard InChI is InChI=1S/C17H19N3O2S/c18-16(21)13-7-3-4-11(8-13)9-19-17(22)15-14(20-10-23-15)12-5-1-2-6-12/h3-4,7-8,10,12H,1-2,5-6,9H2,(H2,18,21)(H,19,22). The Bertz CT molecular complexity index is 720. The van der Waals surface area contributed by atoms with E-state index < -0.39 is 5.91 Å². The number of amides is 2.